The summed E-state index contributed by atoms with van der Waals surface area (Å²) in [6, 6.07) is 7.30. The van der Waals surface area contributed by atoms with Gasteiger partial charge in [0.1, 0.15) is 6.04 Å². The maximum absolute atomic E-state index is 12.5. The van der Waals surface area contributed by atoms with Crippen LogP contribution in [0, 0.1) is 0 Å². The third kappa shape index (κ3) is 6.73. The second-order valence-electron chi connectivity index (χ2n) is 6.82. The highest BCUT2D eigenvalue weighted by atomic mass is 79.9. The molecule has 1 aromatic rings. The monoisotopic (exact) mass is 382 g/mol. The van der Waals surface area contributed by atoms with Gasteiger partial charge in [-0.3, -0.25) is 9.59 Å². The van der Waals surface area contributed by atoms with Crippen molar-refractivity contribution in [1.82, 2.24) is 10.2 Å². The molecular formula is C18H27BrN2O2. The summed E-state index contributed by atoms with van der Waals surface area (Å²) in [5.41, 5.74) is 0.680. The zero-order valence-electron chi connectivity index (χ0n) is 14.6. The molecule has 0 radical (unpaired) electrons. The average molecular weight is 383 g/mol. The van der Waals surface area contributed by atoms with Crippen molar-refractivity contribution in [3.05, 3.63) is 34.3 Å². The number of carbonyl (C=O) groups is 2. The SMILES string of the molecule is CCCC(=O)N(Cc1cccc(Br)c1)[C@@H](C)C(=O)NC(C)(C)C. The third-order valence-corrected chi connectivity index (χ3v) is 3.86. The first-order valence-corrected chi connectivity index (χ1v) is 8.79. The predicted octanol–water partition coefficient (Wildman–Crippen LogP) is 3.88. The van der Waals surface area contributed by atoms with E-state index in [-0.39, 0.29) is 17.4 Å². The number of amides is 2. The smallest absolute Gasteiger partial charge is 0.242 e. The molecule has 0 spiro atoms. The predicted molar refractivity (Wildman–Crippen MR) is 97.0 cm³/mol. The van der Waals surface area contributed by atoms with Crippen molar-refractivity contribution >= 4 is 27.7 Å². The molecule has 0 bridgehead atoms. The average Bonchev–Trinajstić information content (AvgIpc) is 2.42. The van der Waals surface area contributed by atoms with Gasteiger partial charge in [0.2, 0.25) is 11.8 Å². The number of nitrogens with one attached hydrogen (secondary N) is 1. The number of carbonyl (C=O) groups excluding carboxylic acids is 2. The van der Waals surface area contributed by atoms with Gasteiger partial charge in [0.25, 0.3) is 0 Å². The Bertz CT molecular complexity index is 552. The zero-order chi connectivity index (χ0) is 17.6. The molecule has 0 fully saturated rings. The van der Waals surface area contributed by atoms with Crippen LogP contribution >= 0.6 is 15.9 Å². The molecule has 4 nitrogen and oxygen atoms in total. The zero-order valence-corrected chi connectivity index (χ0v) is 16.2. The number of hydrogen-bond donors (Lipinski definition) is 1. The number of halogens is 1. The van der Waals surface area contributed by atoms with Crippen molar-refractivity contribution in [3.63, 3.8) is 0 Å². The van der Waals surface area contributed by atoms with Crippen molar-refractivity contribution in [3.8, 4) is 0 Å². The van der Waals surface area contributed by atoms with E-state index in [9.17, 15) is 9.59 Å². The van der Waals surface area contributed by atoms with E-state index in [0.717, 1.165) is 16.5 Å². The fourth-order valence-corrected chi connectivity index (χ4v) is 2.69. The Kier molecular flexibility index (Phi) is 7.26. The van der Waals surface area contributed by atoms with Gasteiger partial charge in [0, 0.05) is 23.0 Å². The van der Waals surface area contributed by atoms with E-state index in [4.69, 9.17) is 0 Å². The lowest BCUT2D eigenvalue weighted by Crippen LogP contribution is -2.52. The second-order valence-corrected chi connectivity index (χ2v) is 7.73. The highest BCUT2D eigenvalue weighted by molar-refractivity contribution is 9.10. The molecule has 0 saturated heterocycles. The first-order chi connectivity index (χ1) is 10.6. The Morgan fingerprint density at radius 2 is 1.96 bits per heavy atom. The third-order valence-electron chi connectivity index (χ3n) is 3.37. The maximum atomic E-state index is 12.5. The van der Waals surface area contributed by atoms with Crippen molar-refractivity contribution in [2.45, 2.75) is 65.6 Å². The van der Waals surface area contributed by atoms with E-state index in [1.54, 1.807) is 11.8 Å². The van der Waals surface area contributed by atoms with Crippen LogP contribution in [0.5, 0.6) is 0 Å². The van der Waals surface area contributed by atoms with Gasteiger partial charge < -0.3 is 10.2 Å². The lowest BCUT2D eigenvalue weighted by molar-refractivity contribution is -0.141. The Morgan fingerprint density at radius 3 is 2.48 bits per heavy atom. The minimum absolute atomic E-state index is 0.00374. The molecule has 1 atom stereocenters. The molecule has 0 heterocycles. The summed E-state index contributed by atoms with van der Waals surface area (Å²) in [6.07, 6.45) is 1.21. The minimum Gasteiger partial charge on any atom is -0.350 e. The first-order valence-electron chi connectivity index (χ1n) is 8.00. The maximum Gasteiger partial charge on any atom is 0.242 e. The van der Waals surface area contributed by atoms with Gasteiger partial charge >= 0.3 is 0 Å². The van der Waals surface area contributed by atoms with Crippen LogP contribution in [0.15, 0.2) is 28.7 Å². The minimum atomic E-state index is -0.507. The van der Waals surface area contributed by atoms with Gasteiger partial charge in [-0.2, -0.15) is 0 Å². The van der Waals surface area contributed by atoms with Crippen molar-refractivity contribution < 1.29 is 9.59 Å². The summed E-state index contributed by atoms with van der Waals surface area (Å²) in [7, 11) is 0. The van der Waals surface area contributed by atoms with E-state index >= 15 is 0 Å². The number of benzene rings is 1. The molecule has 0 aliphatic carbocycles. The number of hydrogen-bond acceptors (Lipinski definition) is 2. The van der Waals surface area contributed by atoms with Gasteiger partial charge in [0.05, 0.1) is 0 Å². The lowest BCUT2D eigenvalue weighted by atomic mass is 10.1. The quantitative estimate of drug-likeness (QED) is 0.811. The molecule has 0 aliphatic rings. The molecule has 1 N–H and O–H groups in total. The van der Waals surface area contributed by atoms with Gasteiger partial charge in [-0.05, 0) is 51.8 Å². The Balaban J connectivity index is 2.95. The largest absolute Gasteiger partial charge is 0.350 e. The van der Waals surface area contributed by atoms with Crippen molar-refractivity contribution in [2.24, 2.45) is 0 Å². The van der Waals surface area contributed by atoms with Gasteiger partial charge in [-0.25, -0.2) is 0 Å². The molecular weight excluding hydrogens is 356 g/mol. The molecule has 1 aromatic carbocycles. The van der Waals surface area contributed by atoms with E-state index in [1.807, 2.05) is 52.0 Å². The summed E-state index contributed by atoms with van der Waals surface area (Å²) in [4.78, 5) is 26.6. The molecule has 2 amide bonds. The molecule has 128 valence electrons. The van der Waals surface area contributed by atoms with E-state index in [1.165, 1.54) is 0 Å². The fourth-order valence-electron chi connectivity index (χ4n) is 2.25. The second kappa shape index (κ2) is 8.48. The van der Waals surface area contributed by atoms with E-state index in [2.05, 4.69) is 21.2 Å². The van der Waals surface area contributed by atoms with Gasteiger partial charge in [-0.15, -0.1) is 0 Å². The topological polar surface area (TPSA) is 49.4 Å². The Morgan fingerprint density at radius 1 is 1.30 bits per heavy atom. The first kappa shape index (κ1) is 19.7. The molecule has 0 unspecified atom stereocenters. The molecule has 0 aliphatic heterocycles. The molecule has 5 heteroatoms. The van der Waals surface area contributed by atoms with Crippen LogP contribution in [0.3, 0.4) is 0 Å². The fraction of sp³-hybridized carbons (Fsp3) is 0.556. The van der Waals surface area contributed by atoms with Gasteiger partial charge in [-0.1, -0.05) is 35.0 Å². The highest BCUT2D eigenvalue weighted by Crippen LogP contribution is 2.16. The van der Waals surface area contributed by atoms with Crippen LogP contribution in [-0.2, 0) is 16.1 Å². The van der Waals surface area contributed by atoms with Crippen LogP contribution in [-0.4, -0.2) is 28.3 Å². The summed E-state index contributed by atoms with van der Waals surface area (Å²) in [5.74, 6) is -0.124. The van der Waals surface area contributed by atoms with E-state index < -0.39 is 6.04 Å². The van der Waals surface area contributed by atoms with Crippen LogP contribution in [0.1, 0.15) is 53.0 Å². The van der Waals surface area contributed by atoms with Crippen LogP contribution in [0.25, 0.3) is 0 Å². The summed E-state index contributed by atoms with van der Waals surface area (Å²) in [6.45, 7) is 9.98. The van der Waals surface area contributed by atoms with Crippen LogP contribution in [0.4, 0.5) is 0 Å². The standard InChI is InChI=1S/C18H27BrN2O2/c1-6-8-16(22)21(12-14-9-7-10-15(19)11-14)13(2)17(23)20-18(3,4)5/h7,9-11,13H,6,8,12H2,1-5H3,(H,20,23)/t13-/m0/s1. The molecule has 23 heavy (non-hydrogen) atoms. The number of rotatable bonds is 6. The normalized spacial score (nSPS) is 12.6. The van der Waals surface area contributed by atoms with Gasteiger partial charge in [0.15, 0.2) is 0 Å². The summed E-state index contributed by atoms with van der Waals surface area (Å²) in [5, 5.41) is 2.95. The summed E-state index contributed by atoms with van der Waals surface area (Å²) >= 11 is 3.44. The molecule has 1 rings (SSSR count). The highest BCUT2D eigenvalue weighted by Gasteiger charge is 2.27. The van der Waals surface area contributed by atoms with Crippen molar-refractivity contribution in [1.29, 1.82) is 0 Å². The van der Waals surface area contributed by atoms with Crippen LogP contribution < -0.4 is 5.32 Å². The molecule has 0 aromatic heterocycles. The summed E-state index contributed by atoms with van der Waals surface area (Å²) < 4.78 is 0.963. The Hall–Kier alpha value is -1.36. The lowest BCUT2D eigenvalue weighted by Gasteiger charge is -2.31. The number of nitrogens with zero attached hydrogens (tertiary/aromatic N) is 1. The molecule has 0 saturated carbocycles. The Labute approximate surface area is 147 Å². The van der Waals surface area contributed by atoms with Crippen LogP contribution in [0.2, 0.25) is 0 Å². The van der Waals surface area contributed by atoms with E-state index in [0.29, 0.717) is 13.0 Å². The van der Waals surface area contributed by atoms with Crippen molar-refractivity contribution in [2.75, 3.05) is 0 Å².